The molecule has 0 aliphatic rings. The molecule has 0 saturated heterocycles. The van der Waals surface area contributed by atoms with E-state index >= 15 is 0 Å². The number of rotatable bonds is 8. The van der Waals surface area contributed by atoms with Crippen molar-refractivity contribution in [2.45, 2.75) is 13.2 Å². The van der Waals surface area contributed by atoms with Crippen LogP contribution in [0.1, 0.15) is 16.8 Å². The Hall–Kier alpha value is -4.11. The van der Waals surface area contributed by atoms with Crippen LogP contribution in [0.3, 0.4) is 0 Å². The summed E-state index contributed by atoms with van der Waals surface area (Å²) < 4.78 is 11.8. The average molecular weight is 385 g/mol. The molecule has 0 aliphatic carbocycles. The molecular weight excluding hydrogens is 366 g/mol. The Kier molecular flexibility index (Phi) is 6.58. The summed E-state index contributed by atoms with van der Waals surface area (Å²) in [6.45, 7) is 0.681. The number of benzene rings is 2. The zero-order valence-corrected chi connectivity index (χ0v) is 15.6. The first kappa shape index (κ1) is 19.6. The zero-order valence-electron chi connectivity index (χ0n) is 15.6. The van der Waals surface area contributed by atoms with Crippen molar-refractivity contribution in [2.75, 3.05) is 0 Å². The SMILES string of the molecule is N#C/C(=C\c1cc(OCc2ccccc2)c(OCc2ccccc2)cn1)C(N)=O. The lowest BCUT2D eigenvalue weighted by Gasteiger charge is -2.13. The number of carbonyl (C=O) groups is 1. The quantitative estimate of drug-likeness (QED) is 0.472. The van der Waals surface area contributed by atoms with Crippen molar-refractivity contribution in [1.29, 1.82) is 5.26 Å². The van der Waals surface area contributed by atoms with Crippen molar-refractivity contribution >= 4 is 12.0 Å². The van der Waals surface area contributed by atoms with Gasteiger partial charge in [-0.15, -0.1) is 0 Å². The van der Waals surface area contributed by atoms with Gasteiger partial charge in [-0.2, -0.15) is 5.26 Å². The second-order valence-electron chi connectivity index (χ2n) is 6.14. The smallest absolute Gasteiger partial charge is 0.259 e. The predicted octanol–water partition coefficient (Wildman–Crippen LogP) is 3.63. The number of primary amides is 1. The molecule has 0 fully saturated rings. The van der Waals surface area contributed by atoms with Crippen molar-refractivity contribution in [3.63, 3.8) is 0 Å². The molecule has 2 aromatic carbocycles. The summed E-state index contributed by atoms with van der Waals surface area (Å²) >= 11 is 0. The minimum Gasteiger partial charge on any atom is -0.485 e. The highest BCUT2D eigenvalue weighted by Crippen LogP contribution is 2.29. The van der Waals surface area contributed by atoms with Crippen LogP contribution in [0.15, 0.2) is 78.5 Å². The van der Waals surface area contributed by atoms with E-state index in [0.29, 0.717) is 30.4 Å². The molecule has 2 N–H and O–H groups in total. The van der Waals surface area contributed by atoms with Gasteiger partial charge >= 0.3 is 0 Å². The summed E-state index contributed by atoms with van der Waals surface area (Å²) in [5.41, 5.74) is 7.37. The summed E-state index contributed by atoms with van der Waals surface area (Å²) in [6, 6.07) is 22.8. The lowest BCUT2D eigenvalue weighted by atomic mass is 10.2. The van der Waals surface area contributed by atoms with E-state index in [1.54, 1.807) is 12.1 Å². The Labute approximate surface area is 168 Å². The second kappa shape index (κ2) is 9.72. The topological polar surface area (TPSA) is 98.2 Å². The second-order valence-corrected chi connectivity index (χ2v) is 6.14. The van der Waals surface area contributed by atoms with Crippen LogP contribution in [0.4, 0.5) is 0 Å². The molecule has 0 unspecified atom stereocenters. The number of pyridine rings is 1. The van der Waals surface area contributed by atoms with Gasteiger partial charge in [-0.1, -0.05) is 60.7 Å². The van der Waals surface area contributed by atoms with Gasteiger partial charge in [-0.05, 0) is 17.2 Å². The molecule has 0 radical (unpaired) electrons. The number of amides is 1. The molecule has 6 heteroatoms. The number of hydrogen-bond acceptors (Lipinski definition) is 5. The number of aromatic nitrogens is 1. The molecule has 144 valence electrons. The third kappa shape index (κ3) is 5.68. The lowest BCUT2D eigenvalue weighted by molar-refractivity contribution is -0.114. The Morgan fingerprint density at radius 2 is 1.52 bits per heavy atom. The number of nitrogens with two attached hydrogens (primary N) is 1. The Balaban J connectivity index is 1.85. The van der Waals surface area contributed by atoms with Crippen molar-refractivity contribution in [3.8, 4) is 17.6 Å². The maximum Gasteiger partial charge on any atom is 0.259 e. The fourth-order valence-corrected chi connectivity index (χ4v) is 2.52. The van der Waals surface area contributed by atoms with Crippen LogP contribution >= 0.6 is 0 Å². The number of hydrogen-bond donors (Lipinski definition) is 1. The van der Waals surface area contributed by atoms with E-state index < -0.39 is 5.91 Å². The Morgan fingerprint density at radius 3 is 2.03 bits per heavy atom. The first-order chi connectivity index (χ1) is 14.2. The van der Waals surface area contributed by atoms with Gasteiger partial charge < -0.3 is 15.2 Å². The van der Waals surface area contributed by atoms with E-state index in [1.165, 1.54) is 12.3 Å². The predicted molar refractivity (Wildman–Crippen MR) is 109 cm³/mol. The van der Waals surface area contributed by atoms with Crippen molar-refractivity contribution in [3.05, 3.63) is 95.3 Å². The molecule has 1 aromatic heterocycles. The van der Waals surface area contributed by atoms with Crippen molar-refractivity contribution in [2.24, 2.45) is 5.73 Å². The van der Waals surface area contributed by atoms with Gasteiger partial charge in [0, 0.05) is 6.07 Å². The minimum atomic E-state index is -0.814. The molecule has 6 nitrogen and oxygen atoms in total. The van der Waals surface area contributed by atoms with E-state index in [-0.39, 0.29) is 5.57 Å². The van der Waals surface area contributed by atoms with Crippen LogP contribution in [0.25, 0.3) is 6.08 Å². The highest BCUT2D eigenvalue weighted by molar-refractivity contribution is 6.00. The Bertz CT molecular complexity index is 1040. The van der Waals surface area contributed by atoms with Crippen LogP contribution in [-0.2, 0) is 18.0 Å². The first-order valence-electron chi connectivity index (χ1n) is 8.91. The number of nitriles is 1. The highest BCUT2D eigenvalue weighted by Gasteiger charge is 2.11. The van der Waals surface area contributed by atoms with E-state index in [2.05, 4.69) is 4.98 Å². The van der Waals surface area contributed by atoms with Crippen LogP contribution in [0.5, 0.6) is 11.5 Å². The molecule has 29 heavy (non-hydrogen) atoms. The van der Waals surface area contributed by atoms with Gasteiger partial charge in [0.2, 0.25) is 0 Å². The lowest BCUT2D eigenvalue weighted by Crippen LogP contribution is -2.12. The fraction of sp³-hybridized carbons (Fsp3) is 0.0870. The molecule has 3 rings (SSSR count). The molecule has 0 aliphatic heterocycles. The van der Waals surface area contributed by atoms with Crippen molar-refractivity contribution < 1.29 is 14.3 Å². The van der Waals surface area contributed by atoms with Gasteiger partial charge in [0.1, 0.15) is 24.9 Å². The maximum atomic E-state index is 11.3. The zero-order chi connectivity index (χ0) is 20.5. The normalized spacial score (nSPS) is 10.8. The number of ether oxygens (including phenoxy) is 2. The third-order valence-electron chi connectivity index (χ3n) is 4.01. The number of carbonyl (C=O) groups excluding carboxylic acids is 1. The molecule has 0 saturated carbocycles. The van der Waals surface area contributed by atoms with Gasteiger partial charge in [0.05, 0.1) is 11.9 Å². The minimum absolute atomic E-state index is 0.190. The van der Waals surface area contributed by atoms with Crippen LogP contribution in [0.2, 0.25) is 0 Å². The molecule has 0 spiro atoms. The highest BCUT2D eigenvalue weighted by atomic mass is 16.5. The largest absolute Gasteiger partial charge is 0.485 e. The van der Waals surface area contributed by atoms with Crippen LogP contribution in [-0.4, -0.2) is 10.9 Å². The summed E-state index contributed by atoms with van der Waals surface area (Å²) in [7, 11) is 0. The van der Waals surface area contributed by atoms with E-state index in [1.807, 2.05) is 60.7 Å². The molecule has 0 atom stereocenters. The van der Waals surface area contributed by atoms with Crippen LogP contribution in [0, 0.1) is 11.3 Å². The van der Waals surface area contributed by atoms with Crippen LogP contribution < -0.4 is 15.2 Å². The molecular formula is C23H19N3O3. The first-order valence-corrected chi connectivity index (χ1v) is 8.91. The van der Waals surface area contributed by atoms with E-state index in [0.717, 1.165) is 11.1 Å². The van der Waals surface area contributed by atoms with Crippen molar-refractivity contribution in [1.82, 2.24) is 4.98 Å². The summed E-state index contributed by atoms with van der Waals surface area (Å²) in [6.07, 6.45) is 2.82. The fourth-order valence-electron chi connectivity index (χ4n) is 2.52. The average Bonchev–Trinajstić information content (AvgIpc) is 2.76. The molecule has 3 aromatic rings. The van der Waals surface area contributed by atoms with E-state index in [4.69, 9.17) is 20.5 Å². The molecule has 0 bridgehead atoms. The number of nitrogens with zero attached hydrogens (tertiary/aromatic N) is 2. The van der Waals surface area contributed by atoms with Gasteiger partial charge in [0.25, 0.3) is 5.91 Å². The van der Waals surface area contributed by atoms with Gasteiger partial charge in [-0.3, -0.25) is 9.78 Å². The van der Waals surface area contributed by atoms with Gasteiger partial charge in [0.15, 0.2) is 11.5 Å². The van der Waals surface area contributed by atoms with E-state index in [9.17, 15) is 4.79 Å². The Morgan fingerprint density at radius 1 is 0.966 bits per heavy atom. The molecule has 1 amide bonds. The third-order valence-corrected chi connectivity index (χ3v) is 4.01. The monoisotopic (exact) mass is 385 g/mol. The maximum absolute atomic E-state index is 11.3. The molecule has 1 heterocycles. The summed E-state index contributed by atoms with van der Waals surface area (Å²) in [5, 5.41) is 9.04. The summed E-state index contributed by atoms with van der Waals surface area (Å²) in [4.78, 5) is 15.5. The summed E-state index contributed by atoms with van der Waals surface area (Å²) in [5.74, 6) is 0.0952. The standard InChI is InChI=1S/C23H19N3O3/c24-13-19(23(25)27)11-20-12-21(28-15-17-7-3-1-4-8-17)22(14-26-20)29-16-18-9-5-2-6-10-18/h1-12,14H,15-16H2,(H2,25,27)/b19-11+. The van der Waals surface area contributed by atoms with Gasteiger partial charge in [-0.25, -0.2) is 0 Å².